The van der Waals surface area contributed by atoms with E-state index in [1.807, 2.05) is 0 Å². The van der Waals surface area contributed by atoms with Gasteiger partial charge in [0.15, 0.2) is 0 Å². The van der Waals surface area contributed by atoms with Crippen LogP contribution in [0.1, 0.15) is 20.3 Å². The molecule has 21 heavy (non-hydrogen) atoms. The first-order valence-electron chi connectivity index (χ1n) is 7.24. The average Bonchev–Trinajstić information content (AvgIpc) is 2.43. The highest BCUT2D eigenvalue weighted by atomic mass is 16.6. The molecule has 1 aliphatic heterocycles. The second-order valence-electron chi connectivity index (χ2n) is 6.26. The van der Waals surface area contributed by atoms with Crippen molar-refractivity contribution in [3.8, 4) is 5.75 Å². The van der Waals surface area contributed by atoms with Gasteiger partial charge in [0.25, 0.3) is 5.69 Å². The predicted molar refractivity (Wildman–Crippen MR) is 81.4 cm³/mol. The molecule has 116 valence electrons. The van der Waals surface area contributed by atoms with Gasteiger partial charge in [-0.05, 0) is 24.4 Å². The minimum atomic E-state index is -0.415. The summed E-state index contributed by atoms with van der Waals surface area (Å²) in [5.74, 6) is 0.539. The van der Waals surface area contributed by atoms with Crippen LogP contribution in [0.2, 0.25) is 0 Å². The lowest BCUT2D eigenvalue weighted by molar-refractivity contribution is -0.384. The number of non-ortho nitro benzene ring substituents is 1. The van der Waals surface area contributed by atoms with E-state index in [-0.39, 0.29) is 17.1 Å². The van der Waals surface area contributed by atoms with Crippen molar-refractivity contribution in [1.82, 2.24) is 4.90 Å². The van der Waals surface area contributed by atoms with E-state index in [0.29, 0.717) is 12.4 Å². The molecular formula is C15H23N3O3. The van der Waals surface area contributed by atoms with Crippen molar-refractivity contribution in [3.05, 3.63) is 34.4 Å². The topological polar surface area (TPSA) is 81.6 Å². The fourth-order valence-electron chi connectivity index (χ4n) is 2.66. The SMILES string of the molecule is CC1(C)CN(CCOc2cccc([N+](=O)[O-])c2)CCC1N. The van der Waals surface area contributed by atoms with Crippen LogP contribution in [0.3, 0.4) is 0 Å². The highest BCUT2D eigenvalue weighted by molar-refractivity contribution is 5.37. The maximum Gasteiger partial charge on any atom is 0.273 e. The molecule has 1 saturated heterocycles. The molecule has 0 aromatic heterocycles. The summed E-state index contributed by atoms with van der Waals surface area (Å²) in [4.78, 5) is 12.6. The van der Waals surface area contributed by atoms with Gasteiger partial charge < -0.3 is 10.5 Å². The summed E-state index contributed by atoms with van der Waals surface area (Å²) in [6.45, 7) is 7.62. The Morgan fingerprint density at radius 1 is 1.52 bits per heavy atom. The van der Waals surface area contributed by atoms with E-state index in [1.165, 1.54) is 12.1 Å². The number of benzene rings is 1. The van der Waals surface area contributed by atoms with Crippen molar-refractivity contribution < 1.29 is 9.66 Å². The first kappa shape index (κ1) is 15.7. The van der Waals surface area contributed by atoms with Crippen LogP contribution >= 0.6 is 0 Å². The summed E-state index contributed by atoms with van der Waals surface area (Å²) in [7, 11) is 0. The van der Waals surface area contributed by atoms with Crippen LogP contribution in [0.25, 0.3) is 0 Å². The van der Waals surface area contributed by atoms with E-state index in [1.54, 1.807) is 12.1 Å². The molecule has 1 aromatic carbocycles. The molecule has 0 bridgehead atoms. The van der Waals surface area contributed by atoms with Crippen LogP contribution < -0.4 is 10.5 Å². The van der Waals surface area contributed by atoms with Gasteiger partial charge in [0, 0.05) is 25.2 Å². The smallest absolute Gasteiger partial charge is 0.273 e. The van der Waals surface area contributed by atoms with Gasteiger partial charge in [-0.1, -0.05) is 19.9 Å². The first-order valence-corrected chi connectivity index (χ1v) is 7.24. The van der Waals surface area contributed by atoms with Gasteiger partial charge >= 0.3 is 0 Å². The predicted octanol–water partition coefficient (Wildman–Crippen LogP) is 2.03. The number of hydrogen-bond acceptors (Lipinski definition) is 5. The molecule has 0 aliphatic carbocycles. The summed E-state index contributed by atoms with van der Waals surface area (Å²) in [5.41, 5.74) is 6.29. The summed E-state index contributed by atoms with van der Waals surface area (Å²) >= 11 is 0. The van der Waals surface area contributed by atoms with Crippen molar-refractivity contribution >= 4 is 5.69 Å². The molecular weight excluding hydrogens is 270 g/mol. The number of piperidine rings is 1. The molecule has 6 nitrogen and oxygen atoms in total. The van der Waals surface area contributed by atoms with Crippen LogP contribution in [-0.2, 0) is 0 Å². The molecule has 1 aliphatic rings. The molecule has 0 amide bonds. The van der Waals surface area contributed by atoms with Gasteiger partial charge in [0.2, 0.25) is 0 Å². The van der Waals surface area contributed by atoms with E-state index in [2.05, 4.69) is 18.7 Å². The molecule has 1 aromatic rings. The fraction of sp³-hybridized carbons (Fsp3) is 0.600. The minimum absolute atomic E-state index is 0.0533. The molecule has 2 rings (SSSR count). The molecule has 6 heteroatoms. The molecule has 1 heterocycles. The third-order valence-electron chi connectivity index (χ3n) is 4.10. The lowest BCUT2D eigenvalue weighted by Gasteiger charge is -2.42. The van der Waals surface area contributed by atoms with Gasteiger partial charge in [-0.2, -0.15) is 0 Å². The number of nitro benzene ring substituents is 1. The lowest BCUT2D eigenvalue weighted by atomic mass is 9.80. The minimum Gasteiger partial charge on any atom is -0.492 e. The Bertz CT molecular complexity index is 505. The summed E-state index contributed by atoms with van der Waals surface area (Å²) in [5, 5.41) is 10.7. The summed E-state index contributed by atoms with van der Waals surface area (Å²) in [6, 6.07) is 6.53. The fourth-order valence-corrected chi connectivity index (χ4v) is 2.66. The van der Waals surface area contributed by atoms with Crippen molar-refractivity contribution in [2.24, 2.45) is 11.1 Å². The van der Waals surface area contributed by atoms with Crippen molar-refractivity contribution in [1.29, 1.82) is 0 Å². The third kappa shape index (κ3) is 4.15. The lowest BCUT2D eigenvalue weighted by Crippen LogP contribution is -2.53. The van der Waals surface area contributed by atoms with E-state index < -0.39 is 4.92 Å². The van der Waals surface area contributed by atoms with Gasteiger partial charge in [-0.3, -0.25) is 15.0 Å². The van der Waals surface area contributed by atoms with Crippen LogP contribution in [0.15, 0.2) is 24.3 Å². The Balaban J connectivity index is 1.82. The standard InChI is InChI=1S/C15H23N3O3/c1-15(2)11-17(7-6-14(15)16)8-9-21-13-5-3-4-12(10-13)18(19)20/h3-5,10,14H,6-9,11,16H2,1-2H3. The Morgan fingerprint density at radius 3 is 2.95 bits per heavy atom. The van der Waals surface area contributed by atoms with E-state index >= 15 is 0 Å². The molecule has 0 radical (unpaired) electrons. The van der Waals surface area contributed by atoms with Crippen LogP contribution in [0, 0.1) is 15.5 Å². The molecule has 0 spiro atoms. The molecule has 1 fully saturated rings. The summed E-state index contributed by atoms with van der Waals surface area (Å²) < 4.78 is 5.62. The second-order valence-corrected chi connectivity index (χ2v) is 6.26. The maximum atomic E-state index is 10.7. The van der Waals surface area contributed by atoms with Crippen LogP contribution in [0.4, 0.5) is 5.69 Å². The van der Waals surface area contributed by atoms with Crippen molar-refractivity contribution in [2.75, 3.05) is 26.2 Å². The quantitative estimate of drug-likeness (QED) is 0.663. The van der Waals surface area contributed by atoms with Crippen molar-refractivity contribution in [2.45, 2.75) is 26.3 Å². The van der Waals surface area contributed by atoms with E-state index in [4.69, 9.17) is 10.5 Å². The zero-order valence-electron chi connectivity index (χ0n) is 12.6. The van der Waals surface area contributed by atoms with Crippen LogP contribution in [0.5, 0.6) is 5.75 Å². The number of nitro groups is 1. The molecule has 0 saturated carbocycles. The maximum absolute atomic E-state index is 10.7. The zero-order valence-corrected chi connectivity index (χ0v) is 12.6. The number of hydrogen-bond donors (Lipinski definition) is 1. The number of nitrogens with two attached hydrogens (primary N) is 1. The largest absolute Gasteiger partial charge is 0.492 e. The highest BCUT2D eigenvalue weighted by Gasteiger charge is 2.33. The van der Waals surface area contributed by atoms with E-state index in [0.717, 1.165) is 26.1 Å². The Kier molecular flexibility index (Phi) is 4.80. The molecule has 2 N–H and O–H groups in total. The molecule has 1 unspecified atom stereocenters. The second kappa shape index (κ2) is 6.41. The van der Waals surface area contributed by atoms with Gasteiger partial charge in [-0.25, -0.2) is 0 Å². The Labute approximate surface area is 125 Å². The van der Waals surface area contributed by atoms with Crippen molar-refractivity contribution in [3.63, 3.8) is 0 Å². The normalized spacial score (nSPS) is 22.0. The number of nitrogens with zero attached hydrogens (tertiary/aromatic N) is 2. The molecule has 1 atom stereocenters. The first-order chi connectivity index (χ1) is 9.88. The third-order valence-corrected chi connectivity index (χ3v) is 4.10. The van der Waals surface area contributed by atoms with Gasteiger partial charge in [-0.15, -0.1) is 0 Å². The number of likely N-dealkylation sites (tertiary alicyclic amines) is 1. The van der Waals surface area contributed by atoms with E-state index in [9.17, 15) is 10.1 Å². The average molecular weight is 293 g/mol. The zero-order chi connectivity index (χ0) is 15.5. The number of ether oxygens (including phenoxy) is 1. The summed E-state index contributed by atoms with van der Waals surface area (Å²) in [6.07, 6.45) is 0.990. The monoisotopic (exact) mass is 293 g/mol. The van der Waals surface area contributed by atoms with Gasteiger partial charge in [0.05, 0.1) is 11.0 Å². The Morgan fingerprint density at radius 2 is 2.29 bits per heavy atom. The Hall–Kier alpha value is -1.66. The van der Waals surface area contributed by atoms with Gasteiger partial charge in [0.1, 0.15) is 12.4 Å². The number of rotatable bonds is 5. The highest BCUT2D eigenvalue weighted by Crippen LogP contribution is 2.27. The van der Waals surface area contributed by atoms with Crippen LogP contribution in [-0.4, -0.2) is 42.1 Å².